The van der Waals surface area contributed by atoms with Crippen molar-refractivity contribution in [1.29, 1.82) is 0 Å². The summed E-state index contributed by atoms with van der Waals surface area (Å²) in [5, 5.41) is 7.63. The molecule has 0 N–H and O–H groups in total. The zero-order valence-corrected chi connectivity index (χ0v) is 33.4. The Morgan fingerprint density at radius 1 is 0.283 bits per heavy atom. The molecule has 0 atom stereocenters. The van der Waals surface area contributed by atoms with Gasteiger partial charge in [-0.1, -0.05) is 123 Å². The summed E-state index contributed by atoms with van der Waals surface area (Å²) in [6.45, 7) is 4.80. The lowest BCUT2D eigenvalue weighted by Crippen LogP contribution is -2.15. The third-order valence-electron chi connectivity index (χ3n) is 13.4. The molecule has 3 aromatic heterocycles. The van der Waals surface area contributed by atoms with E-state index in [0.29, 0.717) is 0 Å². The second-order valence-corrected chi connectivity index (χ2v) is 17.0. The van der Waals surface area contributed by atoms with Gasteiger partial charge < -0.3 is 13.7 Å². The van der Waals surface area contributed by atoms with E-state index in [2.05, 4.69) is 228 Å². The molecule has 0 fully saturated rings. The smallest absolute Gasteiger partial charge is 0.0547 e. The van der Waals surface area contributed by atoms with E-state index in [4.69, 9.17) is 0 Å². The van der Waals surface area contributed by atoms with E-state index >= 15 is 0 Å². The summed E-state index contributed by atoms with van der Waals surface area (Å²) in [6, 6.07) is 74.0. The molecular weight excluding hydrogens is 727 g/mol. The van der Waals surface area contributed by atoms with Crippen LogP contribution in [-0.4, -0.2) is 13.7 Å². The number of fused-ring (bicyclic) bond motifs is 12. The normalized spacial score (nSPS) is 13.3. The van der Waals surface area contributed by atoms with Crippen LogP contribution in [-0.2, 0) is 5.41 Å². The van der Waals surface area contributed by atoms with Gasteiger partial charge in [0.15, 0.2) is 0 Å². The molecule has 1 aliphatic carbocycles. The molecule has 0 spiro atoms. The first-order valence-corrected chi connectivity index (χ1v) is 20.9. The monoisotopic (exact) mass is 765 g/mol. The fourth-order valence-corrected chi connectivity index (χ4v) is 10.6. The fraction of sp³-hybridized carbons (Fsp3) is 0.0526. The third kappa shape index (κ3) is 4.55. The van der Waals surface area contributed by atoms with E-state index in [1.165, 1.54) is 116 Å². The summed E-state index contributed by atoms with van der Waals surface area (Å²) in [4.78, 5) is 0. The molecule has 0 bridgehead atoms. The van der Waals surface area contributed by atoms with Gasteiger partial charge in [0.05, 0.1) is 33.1 Å². The molecule has 1 aliphatic rings. The maximum Gasteiger partial charge on any atom is 0.0547 e. The van der Waals surface area contributed by atoms with Crippen LogP contribution in [0.1, 0.15) is 25.0 Å². The Hall–Kier alpha value is -7.62. The van der Waals surface area contributed by atoms with Crippen molar-refractivity contribution in [3.05, 3.63) is 211 Å². The number of hydrogen-bond acceptors (Lipinski definition) is 0. The number of benzene rings is 9. The summed E-state index contributed by atoms with van der Waals surface area (Å²) in [5.74, 6) is 0. The highest BCUT2D eigenvalue weighted by Gasteiger charge is 2.37. The summed E-state index contributed by atoms with van der Waals surface area (Å²) in [7, 11) is 0. The summed E-state index contributed by atoms with van der Waals surface area (Å²) in [6.07, 6.45) is 0. The third-order valence-corrected chi connectivity index (χ3v) is 13.4. The molecule has 0 saturated heterocycles. The van der Waals surface area contributed by atoms with Crippen LogP contribution < -0.4 is 0 Å². The molecule has 12 aromatic rings. The van der Waals surface area contributed by atoms with E-state index < -0.39 is 0 Å². The Balaban J connectivity index is 0.961. The number of rotatable bonds is 4. The molecule has 60 heavy (non-hydrogen) atoms. The lowest BCUT2D eigenvalue weighted by molar-refractivity contribution is 0.660. The van der Waals surface area contributed by atoms with Crippen LogP contribution in [0.3, 0.4) is 0 Å². The van der Waals surface area contributed by atoms with E-state index in [-0.39, 0.29) is 5.41 Å². The molecule has 3 heterocycles. The van der Waals surface area contributed by atoms with E-state index in [0.717, 1.165) is 0 Å². The van der Waals surface area contributed by atoms with Crippen LogP contribution in [0.5, 0.6) is 0 Å². The Morgan fingerprint density at radius 2 is 0.700 bits per heavy atom. The van der Waals surface area contributed by atoms with Gasteiger partial charge in [-0.05, 0) is 124 Å². The number of nitrogens with zero attached hydrogens (tertiary/aromatic N) is 3. The average molecular weight is 766 g/mol. The van der Waals surface area contributed by atoms with Gasteiger partial charge >= 0.3 is 0 Å². The van der Waals surface area contributed by atoms with Gasteiger partial charge in [-0.15, -0.1) is 0 Å². The van der Waals surface area contributed by atoms with Crippen LogP contribution in [0, 0.1) is 0 Å². The Kier molecular flexibility index (Phi) is 6.78. The predicted octanol–water partition coefficient (Wildman–Crippen LogP) is 15.0. The largest absolute Gasteiger partial charge is 0.309 e. The van der Waals surface area contributed by atoms with Gasteiger partial charge in [-0.2, -0.15) is 0 Å². The molecule has 13 rings (SSSR count). The topological polar surface area (TPSA) is 14.8 Å². The van der Waals surface area contributed by atoms with Crippen molar-refractivity contribution in [2.75, 3.05) is 0 Å². The van der Waals surface area contributed by atoms with Crippen LogP contribution in [0.15, 0.2) is 200 Å². The maximum absolute atomic E-state index is 2.48. The molecule has 0 aliphatic heterocycles. The number of aromatic nitrogens is 3. The quantitative estimate of drug-likeness (QED) is 0.169. The Bertz CT molecular complexity index is 3730. The van der Waals surface area contributed by atoms with Crippen molar-refractivity contribution in [2.45, 2.75) is 19.3 Å². The zero-order chi connectivity index (χ0) is 39.7. The van der Waals surface area contributed by atoms with E-state index in [1.807, 2.05) is 0 Å². The Labute approximate surface area is 347 Å². The van der Waals surface area contributed by atoms with Crippen molar-refractivity contribution >= 4 is 65.4 Å². The maximum atomic E-state index is 2.48. The summed E-state index contributed by atoms with van der Waals surface area (Å²) in [5.41, 5.74) is 18.5. The first-order chi connectivity index (χ1) is 29.5. The molecule has 3 nitrogen and oxygen atoms in total. The number of para-hydroxylation sites is 5. The SMILES string of the molecule is CC1(C)c2cc(-n3c4ccccc4c4cc(-c5ccc6c(c5)c5ccccc5n6-c5ccccc5)ccc43)ccc2-c2cc3c(cc21)c1ccccc1n3-c1ccccc1. The first kappa shape index (κ1) is 33.4. The lowest BCUT2D eigenvalue weighted by Gasteiger charge is -2.22. The van der Waals surface area contributed by atoms with Crippen LogP contribution >= 0.6 is 0 Å². The predicted molar refractivity (Wildman–Crippen MR) is 252 cm³/mol. The first-order valence-electron chi connectivity index (χ1n) is 20.9. The van der Waals surface area contributed by atoms with Crippen LogP contribution in [0.25, 0.3) is 105 Å². The van der Waals surface area contributed by atoms with Crippen LogP contribution in [0.2, 0.25) is 0 Å². The van der Waals surface area contributed by atoms with Crippen molar-refractivity contribution in [2.24, 2.45) is 0 Å². The fourth-order valence-electron chi connectivity index (χ4n) is 10.6. The molecule has 0 amide bonds. The zero-order valence-electron chi connectivity index (χ0n) is 33.4. The van der Waals surface area contributed by atoms with Crippen molar-refractivity contribution in [1.82, 2.24) is 13.7 Å². The average Bonchev–Trinajstić information content (AvgIpc) is 3.99. The summed E-state index contributed by atoms with van der Waals surface area (Å²) >= 11 is 0. The van der Waals surface area contributed by atoms with E-state index in [1.54, 1.807) is 0 Å². The minimum Gasteiger partial charge on any atom is -0.309 e. The second kappa shape index (κ2) is 12.2. The van der Waals surface area contributed by atoms with Gasteiger partial charge in [-0.25, -0.2) is 0 Å². The molecule has 9 aromatic carbocycles. The van der Waals surface area contributed by atoms with Crippen molar-refractivity contribution in [3.8, 4) is 39.3 Å². The van der Waals surface area contributed by atoms with Gasteiger partial charge in [-0.3, -0.25) is 0 Å². The molecular formula is C57H39N3. The minimum atomic E-state index is -0.182. The molecule has 282 valence electrons. The minimum absolute atomic E-state index is 0.182. The number of hydrogen-bond donors (Lipinski definition) is 0. The molecule has 0 unspecified atom stereocenters. The highest BCUT2D eigenvalue weighted by atomic mass is 15.0. The van der Waals surface area contributed by atoms with Gasteiger partial charge in [0, 0.05) is 54.8 Å². The van der Waals surface area contributed by atoms with Crippen LogP contribution in [0.4, 0.5) is 0 Å². The second-order valence-electron chi connectivity index (χ2n) is 17.0. The Morgan fingerprint density at radius 3 is 1.23 bits per heavy atom. The molecule has 3 heteroatoms. The van der Waals surface area contributed by atoms with Crippen molar-refractivity contribution < 1.29 is 0 Å². The van der Waals surface area contributed by atoms with E-state index in [9.17, 15) is 0 Å². The van der Waals surface area contributed by atoms with Gasteiger partial charge in [0.25, 0.3) is 0 Å². The highest BCUT2D eigenvalue weighted by Crippen LogP contribution is 2.52. The van der Waals surface area contributed by atoms with Gasteiger partial charge in [0.1, 0.15) is 0 Å². The molecule has 0 saturated carbocycles. The highest BCUT2D eigenvalue weighted by molar-refractivity contribution is 6.14. The van der Waals surface area contributed by atoms with Crippen molar-refractivity contribution in [3.63, 3.8) is 0 Å². The lowest BCUT2D eigenvalue weighted by atomic mass is 9.82. The standard InChI is InChI=1S/C57H39N3/c1-57(2)49-33-40(27-28-41(49)45-35-56-48(34-50(45)57)44-21-11-13-23-52(44)59(56)39-17-7-4-8-18-39)60-53-24-14-10-20-43(53)47-32-37(26-30-55(47)60)36-25-29-54-46(31-36)42-19-9-12-22-51(42)58(54)38-15-5-3-6-16-38/h3-35H,1-2H3. The summed E-state index contributed by atoms with van der Waals surface area (Å²) < 4.78 is 7.28. The molecule has 0 radical (unpaired) electrons. The van der Waals surface area contributed by atoms with Gasteiger partial charge in [0.2, 0.25) is 0 Å².